The van der Waals surface area contributed by atoms with Gasteiger partial charge < -0.3 is 9.80 Å². The number of fused-ring (bicyclic) bond motifs is 1. The molecule has 0 radical (unpaired) electrons. The van der Waals surface area contributed by atoms with Crippen LogP contribution in [0.5, 0.6) is 0 Å². The quantitative estimate of drug-likeness (QED) is 0.792. The van der Waals surface area contributed by atoms with Crippen molar-refractivity contribution in [1.29, 1.82) is 0 Å². The average Bonchev–Trinajstić information content (AvgIpc) is 2.78. The SMILES string of the molecule is CC1C(=O)N2CCCC2C(=O)N1CCSC(F)(F)F. The fraction of sp³-hybridized carbons (Fsp3) is 0.818. The Balaban J connectivity index is 1.99. The van der Waals surface area contributed by atoms with Crippen LogP contribution in [0.25, 0.3) is 0 Å². The van der Waals surface area contributed by atoms with Gasteiger partial charge in [0, 0.05) is 18.8 Å². The van der Waals surface area contributed by atoms with Crippen molar-refractivity contribution in [2.45, 2.75) is 37.4 Å². The minimum absolute atomic E-state index is 0.0414. The van der Waals surface area contributed by atoms with E-state index in [9.17, 15) is 22.8 Å². The summed E-state index contributed by atoms with van der Waals surface area (Å²) in [6, 6.07) is -1.12. The van der Waals surface area contributed by atoms with Crippen LogP contribution in [0.3, 0.4) is 0 Å². The molecule has 8 heteroatoms. The summed E-state index contributed by atoms with van der Waals surface area (Å²) in [6.07, 6.45) is 1.39. The second kappa shape index (κ2) is 5.22. The molecular formula is C11H15F3N2O2S. The predicted molar refractivity (Wildman–Crippen MR) is 64.4 cm³/mol. The Morgan fingerprint density at radius 1 is 1.32 bits per heavy atom. The summed E-state index contributed by atoms with van der Waals surface area (Å²) >= 11 is -0.161. The van der Waals surface area contributed by atoms with E-state index in [1.54, 1.807) is 11.8 Å². The van der Waals surface area contributed by atoms with Crippen LogP contribution in [0.15, 0.2) is 0 Å². The summed E-state index contributed by atoms with van der Waals surface area (Å²) in [5, 5.41) is 0. The van der Waals surface area contributed by atoms with E-state index in [4.69, 9.17) is 0 Å². The largest absolute Gasteiger partial charge is 0.441 e. The van der Waals surface area contributed by atoms with Crippen molar-refractivity contribution in [3.63, 3.8) is 0 Å². The Hall–Kier alpha value is -0.920. The molecule has 0 N–H and O–H groups in total. The molecule has 2 unspecified atom stereocenters. The van der Waals surface area contributed by atoms with Gasteiger partial charge >= 0.3 is 5.51 Å². The van der Waals surface area contributed by atoms with Gasteiger partial charge in [-0.25, -0.2) is 0 Å². The van der Waals surface area contributed by atoms with Crippen LogP contribution in [-0.4, -0.2) is 58.0 Å². The lowest BCUT2D eigenvalue weighted by Gasteiger charge is -2.40. The predicted octanol–water partition coefficient (Wildman–Crippen LogP) is 1.46. The van der Waals surface area contributed by atoms with Crippen LogP contribution in [0.2, 0.25) is 0 Å². The van der Waals surface area contributed by atoms with E-state index in [1.165, 1.54) is 4.90 Å². The number of halogens is 3. The summed E-state index contributed by atoms with van der Waals surface area (Å²) in [6.45, 7) is 2.11. The van der Waals surface area contributed by atoms with Gasteiger partial charge in [-0.1, -0.05) is 0 Å². The summed E-state index contributed by atoms with van der Waals surface area (Å²) in [4.78, 5) is 27.0. The first-order valence-electron chi connectivity index (χ1n) is 6.13. The molecule has 0 aromatic heterocycles. The Morgan fingerprint density at radius 3 is 2.63 bits per heavy atom. The molecule has 0 saturated carbocycles. The highest BCUT2D eigenvalue weighted by atomic mass is 32.2. The van der Waals surface area contributed by atoms with Gasteiger partial charge in [0.15, 0.2) is 0 Å². The van der Waals surface area contributed by atoms with Gasteiger partial charge in [0.25, 0.3) is 0 Å². The number of amides is 2. The van der Waals surface area contributed by atoms with E-state index in [0.717, 1.165) is 6.42 Å². The van der Waals surface area contributed by atoms with E-state index in [-0.39, 0.29) is 35.9 Å². The van der Waals surface area contributed by atoms with Crippen LogP contribution in [-0.2, 0) is 9.59 Å². The fourth-order valence-electron chi connectivity index (χ4n) is 2.61. The first-order valence-corrected chi connectivity index (χ1v) is 7.11. The summed E-state index contributed by atoms with van der Waals surface area (Å²) in [5.41, 5.74) is -4.30. The molecule has 0 bridgehead atoms. The van der Waals surface area contributed by atoms with Crippen molar-refractivity contribution in [3.05, 3.63) is 0 Å². The molecule has 0 aromatic carbocycles. The van der Waals surface area contributed by atoms with Crippen LogP contribution >= 0.6 is 11.8 Å². The highest BCUT2D eigenvalue weighted by Gasteiger charge is 2.45. The Morgan fingerprint density at radius 2 is 2.00 bits per heavy atom. The van der Waals surface area contributed by atoms with Gasteiger partial charge in [-0.3, -0.25) is 9.59 Å². The zero-order valence-electron chi connectivity index (χ0n) is 10.4. The zero-order valence-corrected chi connectivity index (χ0v) is 11.3. The summed E-state index contributed by atoms with van der Waals surface area (Å²) in [5.74, 6) is -0.606. The molecule has 2 aliphatic heterocycles. The number of piperazine rings is 1. The normalized spacial score (nSPS) is 28.0. The number of nitrogens with zero attached hydrogens (tertiary/aromatic N) is 2. The lowest BCUT2D eigenvalue weighted by molar-refractivity contribution is -0.158. The molecule has 2 atom stereocenters. The molecule has 108 valence electrons. The van der Waals surface area contributed by atoms with Crippen molar-refractivity contribution in [1.82, 2.24) is 9.80 Å². The van der Waals surface area contributed by atoms with E-state index in [2.05, 4.69) is 0 Å². The number of hydrogen-bond acceptors (Lipinski definition) is 3. The van der Waals surface area contributed by atoms with Gasteiger partial charge in [0.2, 0.25) is 11.8 Å². The van der Waals surface area contributed by atoms with Gasteiger partial charge in [0.05, 0.1) is 0 Å². The Kier molecular flexibility index (Phi) is 3.98. The first-order chi connectivity index (χ1) is 8.81. The van der Waals surface area contributed by atoms with Crippen molar-refractivity contribution in [2.24, 2.45) is 0 Å². The first kappa shape index (κ1) is 14.5. The van der Waals surface area contributed by atoms with Crippen molar-refractivity contribution < 1.29 is 22.8 Å². The monoisotopic (exact) mass is 296 g/mol. The lowest BCUT2D eigenvalue weighted by Crippen LogP contribution is -2.62. The minimum atomic E-state index is -4.30. The molecule has 2 aliphatic rings. The third-order valence-corrected chi connectivity index (χ3v) is 4.24. The molecular weight excluding hydrogens is 281 g/mol. The number of thioether (sulfide) groups is 1. The van der Waals surface area contributed by atoms with Crippen molar-refractivity contribution in [2.75, 3.05) is 18.8 Å². The van der Waals surface area contributed by atoms with E-state index in [0.29, 0.717) is 13.0 Å². The topological polar surface area (TPSA) is 40.6 Å². The van der Waals surface area contributed by atoms with Crippen LogP contribution in [0, 0.1) is 0 Å². The number of alkyl halides is 3. The number of carbonyl (C=O) groups excluding carboxylic acids is 2. The van der Waals surface area contributed by atoms with Gasteiger partial charge in [-0.05, 0) is 31.5 Å². The van der Waals surface area contributed by atoms with Gasteiger partial charge in [0.1, 0.15) is 12.1 Å². The van der Waals surface area contributed by atoms with E-state index in [1.807, 2.05) is 0 Å². The van der Waals surface area contributed by atoms with E-state index < -0.39 is 17.6 Å². The minimum Gasteiger partial charge on any atom is -0.329 e. The third-order valence-electron chi connectivity index (χ3n) is 3.53. The van der Waals surface area contributed by atoms with Crippen molar-refractivity contribution >= 4 is 23.6 Å². The van der Waals surface area contributed by atoms with Crippen LogP contribution in [0.1, 0.15) is 19.8 Å². The van der Waals surface area contributed by atoms with Gasteiger partial charge in [-0.15, -0.1) is 0 Å². The molecule has 2 fully saturated rings. The van der Waals surface area contributed by atoms with Crippen LogP contribution < -0.4 is 0 Å². The lowest BCUT2D eigenvalue weighted by atomic mass is 10.1. The molecule has 2 amide bonds. The second-order valence-electron chi connectivity index (χ2n) is 4.69. The van der Waals surface area contributed by atoms with Crippen LogP contribution in [0.4, 0.5) is 13.2 Å². The maximum atomic E-state index is 12.2. The number of carbonyl (C=O) groups is 2. The fourth-order valence-corrected chi connectivity index (χ4v) is 3.13. The average molecular weight is 296 g/mol. The molecule has 4 nitrogen and oxygen atoms in total. The molecule has 2 rings (SSSR count). The maximum Gasteiger partial charge on any atom is 0.441 e. The maximum absolute atomic E-state index is 12.2. The van der Waals surface area contributed by atoms with Crippen molar-refractivity contribution in [3.8, 4) is 0 Å². The highest BCUT2D eigenvalue weighted by molar-refractivity contribution is 8.00. The van der Waals surface area contributed by atoms with E-state index >= 15 is 0 Å². The molecule has 0 aliphatic carbocycles. The molecule has 0 spiro atoms. The summed E-state index contributed by atoms with van der Waals surface area (Å²) < 4.78 is 36.2. The summed E-state index contributed by atoms with van der Waals surface area (Å²) in [7, 11) is 0. The highest BCUT2D eigenvalue weighted by Crippen LogP contribution is 2.31. The smallest absolute Gasteiger partial charge is 0.329 e. The van der Waals surface area contributed by atoms with Gasteiger partial charge in [-0.2, -0.15) is 13.2 Å². The number of hydrogen-bond donors (Lipinski definition) is 0. The third kappa shape index (κ3) is 2.98. The standard InChI is InChI=1S/C11H15F3N2O2S/c1-7-9(17)16-4-2-3-8(16)10(18)15(7)5-6-19-11(12,13)14/h7-8H,2-6H2,1H3. The molecule has 2 saturated heterocycles. The number of rotatable bonds is 3. The molecule has 2 heterocycles. The molecule has 19 heavy (non-hydrogen) atoms. The molecule has 0 aromatic rings. The Bertz CT molecular complexity index is 389. The zero-order chi connectivity index (χ0) is 14.2. The Labute approximate surface area is 113 Å². The second-order valence-corrected chi connectivity index (χ2v) is 5.85.